The monoisotopic (exact) mass is 244 g/mol. The maximum Gasteiger partial charge on any atom is 0.335 e. The van der Waals surface area contributed by atoms with Crippen LogP contribution in [0.3, 0.4) is 0 Å². The summed E-state index contributed by atoms with van der Waals surface area (Å²) in [5.74, 6) is -0.713. The second kappa shape index (κ2) is 5.67. The number of carboxylic acid groups (broad SMARTS) is 1. The molecule has 0 fully saturated rings. The van der Waals surface area contributed by atoms with Gasteiger partial charge in [-0.25, -0.2) is 9.78 Å². The van der Waals surface area contributed by atoms with Crippen molar-refractivity contribution in [3.63, 3.8) is 0 Å². The molecule has 5 nitrogen and oxygen atoms in total. The van der Waals surface area contributed by atoms with Crippen LogP contribution in [-0.4, -0.2) is 33.8 Å². The van der Waals surface area contributed by atoms with Crippen molar-refractivity contribution in [2.24, 2.45) is 0 Å². The minimum absolute atomic E-state index is 0.0485. The Balaban J connectivity index is 2.91. The quantitative estimate of drug-likeness (QED) is 0.686. The zero-order valence-electron chi connectivity index (χ0n) is 8.77. The first-order valence-electron chi connectivity index (χ1n) is 4.85. The molecule has 1 atom stereocenters. The largest absolute Gasteiger partial charge is 0.478 e. The van der Waals surface area contributed by atoms with Crippen LogP contribution in [0.15, 0.2) is 12.1 Å². The Hall–Kier alpha value is -1.33. The standard InChI is InChI=1S/C10H13ClN2O3/c1-2-7(5-14)12-9-4-6(10(15)16)3-8(11)13-9/h3-4,7,14H,2,5H2,1H3,(H,12,13)(H,15,16). The Kier molecular flexibility index (Phi) is 4.52. The lowest BCUT2D eigenvalue weighted by atomic mass is 10.2. The highest BCUT2D eigenvalue weighted by Gasteiger charge is 2.10. The fourth-order valence-electron chi connectivity index (χ4n) is 1.18. The zero-order valence-corrected chi connectivity index (χ0v) is 9.53. The molecule has 0 spiro atoms. The lowest BCUT2D eigenvalue weighted by molar-refractivity contribution is 0.0697. The van der Waals surface area contributed by atoms with Gasteiger partial charge in [0, 0.05) is 0 Å². The van der Waals surface area contributed by atoms with E-state index in [1.54, 1.807) is 0 Å². The normalized spacial score (nSPS) is 12.2. The van der Waals surface area contributed by atoms with E-state index >= 15 is 0 Å². The molecule has 0 amide bonds. The van der Waals surface area contributed by atoms with Crippen molar-refractivity contribution in [1.82, 2.24) is 4.98 Å². The number of hydrogen-bond acceptors (Lipinski definition) is 4. The van der Waals surface area contributed by atoms with Crippen LogP contribution in [0.25, 0.3) is 0 Å². The second-order valence-corrected chi connectivity index (χ2v) is 3.69. The average molecular weight is 245 g/mol. The summed E-state index contributed by atoms with van der Waals surface area (Å²) in [6, 6.07) is 2.49. The summed E-state index contributed by atoms with van der Waals surface area (Å²) in [7, 11) is 0. The minimum atomic E-state index is -1.07. The summed E-state index contributed by atoms with van der Waals surface area (Å²) >= 11 is 5.69. The molecule has 0 radical (unpaired) electrons. The molecule has 0 bridgehead atoms. The Morgan fingerprint density at radius 2 is 2.31 bits per heavy atom. The van der Waals surface area contributed by atoms with E-state index in [9.17, 15) is 4.79 Å². The van der Waals surface area contributed by atoms with Crippen LogP contribution in [0, 0.1) is 0 Å². The number of hydrogen-bond donors (Lipinski definition) is 3. The summed E-state index contributed by atoms with van der Waals surface area (Å²) in [6.07, 6.45) is 0.701. The van der Waals surface area contributed by atoms with E-state index in [2.05, 4.69) is 10.3 Å². The molecule has 0 aliphatic carbocycles. The molecule has 0 aromatic carbocycles. The first-order valence-corrected chi connectivity index (χ1v) is 5.23. The van der Waals surface area contributed by atoms with Crippen molar-refractivity contribution < 1.29 is 15.0 Å². The first-order chi connectivity index (χ1) is 7.56. The number of carboxylic acids is 1. The van der Waals surface area contributed by atoms with Crippen molar-refractivity contribution in [3.05, 3.63) is 22.8 Å². The number of pyridine rings is 1. The van der Waals surface area contributed by atoms with Gasteiger partial charge in [-0.1, -0.05) is 18.5 Å². The maximum atomic E-state index is 10.8. The average Bonchev–Trinajstić information content (AvgIpc) is 2.25. The van der Waals surface area contributed by atoms with Gasteiger partial charge in [0.15, 0.2) is 0 Å². The van der Waals surface area contributed by atoms with Gasteiger partial charge >= 0.3 is 5.97 Å². The number of aliphatic hydroxyl groups is 1. The van der Waals surface area contributed by atoms with Gasteiger partial charge in [0.1, 0.15) is 11.0 Å². The third-order valence-electron chi connectivity index (χ3n) is 2.11. The molecule has 0 aliphatic rings. The van der Waals surface area contributed by atoms with Crippen molar-refractivity contribution >= 4 is 23.4 Å². The molecular formula is C10H13ClN2O3. The molecule has 16 heavy (non-hydrogen) atoms. The topological polar surface area (TPSA) is 82.5 Å². The van der Waals surface area contributed by atoms with Crippen LogP contribution in [0.2, 0.25) is 5.15 Å². The van der Waals surface area contributed by atoms with E-state index < -0.39 is 5.97 Å². The van der Waals surface area contributed by atoms with Crippen molar-refractivity contribution in [2.75, 3.05) is 11.9 Å². The predicted molar refractivity (Wildman–Crippen MR) is 61.0 cm³/mol. The molecule has 88 valence electrons. The van der Waals surface area contributed by atoms with Gasteiger partial charge in [-0.05, 0) is 18.6 Å². The molecule has 1 heterocycles. The van der Waals surface area contributed by atoms with Gasteiger partial charge in [-0.3, -0.25) is 0 Å². The number of aromatic carboxylic acids is 1. The Bertz CT molecular complexity index is 380. The number of aliphatic hydroxyl groups excluding tert-OH is 1. The Morgan fingerprint density at radius 3 is 2.81 bits per heavy atom. The van der Waals surface area contributed by atoms with Crippen LogP contribution >= 0.6 is 11.6 Å². The van der Waals surface area contributed by atoms with E-state index in [0.29, 0.717) is 12.2 Å². The summed E-state index contributed by atoms with van der Waals surface area (Å²) in [4.78, 5) is 14.7. The minimum Gasteiger partial charge on any atom is -0.478 e. The summed E-state index contributed by atoms with van der Waals surface area (Å²) in [5, 5.41) is 20.8. The van der Waals surface area contributed by atoms with E-state index in [4.69, 9.17) is 21.8 Å². The lowest BCUT2D eigenvalue weighted by Gasteiger charge is -2.14. The van der Waals surface area contributed by atoms with Crippen LogP contribution in [0.1, 0.15) is 23.7 Å². The predicted octanol–water partition coefficient (Wildman–Crippen LogP) is 1.62. The van der Waals surface area contributed by atoms with Crippen molar-refractivity contribution in [2.45, 2.75) is 19.4 Å². The molecule has 0 aliphatic heterocycles. The number of rotatable bonds is 5. The molecule has 1 rings (SSSR count). The molecule has 1 aromatic rings. The second-order valence-electron chi connectivity index (χ2n) is 3.30. The van der Waals surface area contributed by atoms with Gasteiger partial charge < -0.3 is 15.5 Å². The number of nitrogens with one attached hydrogen (secondary N) is 1. The van der Waals surface area contributed by atoms with Gasteiger partial charge in [-0.2, -0.15) is 0 Å². The lowest BCUT2D eigenvalue weighted by Crippen LogP contribution is -2.23. The van der Waals surface area contributed by atoms with Crippen LogP contribution < -0.4 is 5.32 Å². The summed E-state index contributed by atoms with van der Waals surface area (Å²) in [5.41, 5.74) is 0.0651. The third-order valence-corrected chi connectivity index (χ3v) is 2.30. The highest BCUT2D eigenvalue weighted by atomic mass is 35.5. The molecule has 1 aromatic heterocycles. The summed E-state index contributed by atoms with van der Waals surface area (Å²) < 4.78 is 0. The van der Waals surface area contributed by atoms with Crippen molar-refractivity contribution in [1.29, 1.82) is 0 Å². The molecular weight excluding hydrogens is 232 g/mol. The van der Waals surface area contributed by atoms with E-state index in [1.165, 1.54) is 12.1 Å². The fraction of sp³-hybridized carbons (Fsp3) is 0.400. The first kappa shape index (κ1) is 12.7. The van der Waals surface area contributed by atoms with Crippen LogP contribution in [0.5, 0.6) is 0 Å². The van der Waals surface area contributed by atoms with E-state index in [-0.39, 0.29) is 23.4 Å². The van der Waals surface area contributed by atoms with Crippen LogP contribution in [0.4, 0.5) is 5.82 Å². The van der Waals surface area contributed by atoms with Crippen molar-refractivity contribution in [3.8, 4) is 0 Å². The smallest absolute Gasteiger partial charge is 0.335 e. The number of carbonyl (C=O) groups is 1. The Morgan fingerprint density at radius 1 is 1.62 bits per heavy atom. The van der Waals surface area contributed by atoms with Crippen LogP contribution in [-0.2, 0) is 0 Å². The van der Waals surface area contributed by atoms with Gasteiger partial charge in [0.05, 0.1) is 18.2 Å². The number of halogens is 1. The molecule has 3 N–H and O–H groups in total. The molecule has 1 unspecified atom stereocenters. The van der Waals surface area contributed by atoms with Gasteiger partial charge in [0.25, 0.3) is 0 Å². The van der Waals surface area contributed by atoms with Gasteiger partial charge in [-0.15, -0.1) is 0 Å². The maximum absolute atomic E-state index is 10.8. The number of anilines is 1. The molecule has 0 saturated heterocycles. The number of nitrogens with zero attached hydrogens (tertiary/aromatic N) is 1. The fourth-order valence-corrected chi connectivity index (χ4v) is 1.39. The highest BCUT2D eigenvalue weighted by Crippen LogP contribution is 2.15. The Labute approximate surface area is 98.1 Å². The zero-order chi connectivity index (χ0) is 12.1. The third kappa shape index (κ3) is 3.36. The number of aromatic nitrogens is 1. The SMILES string of the molecule is CCC(CO)Nc1cc(C(=O)O)cc(Cl)n1. The van der Waals surface area contributed by atoms with Gasteiger partial charge in [0.2, 0.25) is 0 Å². The molecule has 0 saturated carbocycles. The highest BCUT2D eigenvalue weighted by molar-refractivity contribution is 6.29. The van der Waals surface area contributed by atoms with E-state index in [0.717, 1.165) is 0 Å². The van der Waals surface area contributed by atoms with E-state index in [1.807, 2.05) is 6.92 Å². The molecule has 6 heteroatoms. The summed E-state index contributed by atoms with van der Waals surface area (Å²) in [6.45, 7) is 1.85.